The van der Waals surface area contributed by atoms with E-state index in [9.17, 15) is 0 Å². The molecule has 1 N–H and O–H groups in total. The molecule has 0 saturated carbocycles. The van der Waals surface area contributed by atoms with Crippen LogP contribution in [0.2, 0.25) is 0 Å². The lowest BCUT2D eigenvalue weighted by Crippen LogP contribution is -1.99. The molecule has 0 fully saturated rings. The van der Waals surface area contributed by atoms with E-state index in [0.717, 1.165) is 11.3 Å². The lowest BCUT2D eigenvalue weighted by molar-refractivity contribution is 0.413. The van der Waals surface area contributed by atoms with Gasteiger partial charge in [-0.1, -0.05) is 0 Å². The molecule has 0 saturated heterocycles. The summed E-state index contributed by atoms with van der Waals surface area (Å²) < 4.78 is 5.25. The fraction of sp³-hybridized carbons (Fsp3) is 0.364. The van der Waals surface area contributed by atoms with E-state index in [4.69, 9.17) is 10.1 Å². The number of methoxy groups -OCH3 is 1. The Morgan fingerprint density at radius 3 is 2.36 bits per heavy atom. The monoisotopic (exact) mass is 209 g/mol. The zero-order valence-corrected chi connectivity index (χ0v) is 9.79. The predicted octanol–water partition coefficient (Wildman–Crippen LogP) is 3.00. The lowest BCUT2D eigenvalue weighted by atomic mass is 10.1. The van der Waals surface area contributed by atoms with Gasteiger partial charge in [-0.2, -0.15) is 0 Å². The Morgan fingerprint density at radius 1 is 1.29 bits per heavy atom. The highest BCUT2D eigenvalue weighted by Gasteiger charge is 2.09. The number of thioether (sulfide) groups is 1. The predicted molar refractivity (Wildman–Crippen MR) is 62.8 cm³/mol. The van der Waals surface area contributed by atoms with Crippen molar-refractivity contribution < 1.29 is 4.74 Å². The summed E-state index contributed by atoms with van der Waals surface area (Å²) in [6, 6.07) is 3.99. The van der Waals surface area contributed by atoms with Gasteiger partial charge < -0.3 is 4.74 Å². The maximum Gasteiger partial charge on any atom is 0.129 e. The molecule has 2 nitrogen and oxygen atoms in total. The molecular formula is C11H15NOS. The molecule has 0 spiro atoms. The van der Waals surface area contributed by atoms with Crippen LogP contribution < -0.4 is 4.74 Å². The minimum absolute atomic E-state index is 0.546. The SMILES string of the molecule is COc1cc(C)c(C)cc1C(=N)SC. The van der Waals surface area contributed by atoms with Crippen LogP contribution in [0, 0.1) is 19.3 Å². The molecule has 0 aliphatic rings. The van der Waals surface area contributed by atoms with Gasteiger partial charge in [-0.25, -0.2) is 0 Å². The average Bonchev–Trinajstić information content (AvgIpc) is 2.20. The first-order valence-electron chi connectivity index (χ1n) is 4.38. The highest BCUT2D eigenvalue weighted by Crippen LogP contribution is 2.25. The first-order valence-corrected chi connectivity index (χ1v) is 5.60. The van der Waals surface area contributed by atoms with Crippen LogP contribution in [0.3, 0.4) is 0 Å². The number of nitrogens with one attached hydrogen (secondary N) is 1. The summed E-state index contributed by atoms with van der Waals surface area (Å²) in [7, 11) is 1.64. The molecule has 0 bridgehead atoms. The Morgan fingerprint density at radius 2 is 1.86 bits per heavy atom. The zero-order chi connectivity index (χ0) is 10.7. The second kappa shape index (κ2) is 4.51. The standard InChI is InChI=1S/C11H15NOS/c1-7-5-9(11(12)14-4)10(13-3)6-8(7)2/h5-6,12H,1-4H3. The quantitative estimate of drug-likeness (QED) is 0.600. The third-order valence-electron chi connectivity index (χ3n) is 2.26. The normalized spacial score (nSPS) is 10.0. The van der Waals surface area contributed by atoms with Crippen LogP contribution in [0.4, 0.5) is 0 Å². The van der Waals surface area contributed by atoms with Gasteiger partial charge in [-0.15, -0.1) is 11.8 Å². The van der Waals surface area contributed by atoms with Crippen molar-refractivity contribution >= 4 is 16.8 Å². The van der Waals surface area contributed by atoms with Crippen molar-refractivity contribution in [3.63, 3.8) is 0 Å². The summed E-state index contributed by atoms with van der Waals surface area (Å²) in [6.07, 6.45) is 1.90. The summed E-state index contributed by atoms with van der Waals surface area (Å²) in [4.78, 5) is 0. The highest BCUT2D eigenvalue weighted by atomic mass is 32.2. The van der Waals surface area contributed by atoms with E-state index in [1.54, 1.807) is 7.11 Å². The Bertz CT molecular complexity index is 361. The molecule has 76 valence electrons. The Labute approximate surface area is 89.2 Å². The van der Waals surface area contributed by atoms with Crippen LogP contribution >= 0.6 is 11.8 Å². The van der Waals surface area contributed by atoms with Crippen LogP contribution in [0.5, 0.6) is 5.75 Å². The van der Waals surface area contributed by atoms with E-state index in [1.807, 2.05) is 32.2 Å². The molecule has 1 aromatic carbocycles. The molecular weight excluding hydrogens is 194 g/mol. The van der Waals surface area contributed by atoms with Crippen LogP contribution in [0.25, 0.3) is 0 Å². The number of aryl methyl sites for hydroxylation is 2. The topological polar surface area (TPSA) is 33.1 Å². The van der Waals surface area contributed by atoms with Gasteiger partial charge in [0.1, 0.15) is 5.75 Å². The molecule has 0 amide bonds. The second-order valence-corrected chi connectivity index (χ2v) is 3.99. The minimum atomic E-state index is 0.546. The van der Waals surface area contributed by atoms with Crippen molar-refractivity contribution in [3.05, 3.63) is 28.8 Å². The van der Waals surface area contributed by atoms with E-state index < -0.39 is 0 Å². The van der Waals surface area contributed by atoms with Crippen LogP contribution in [-0.2, 0) is 0 Å². The number of rotatable bonds is 2. The second-order valence-electron chi connectivity index (χ2n) is 3.17. The Hall–Kier alpha value is -0.960. The van der Waals surface area contributed by atoms with Gasteiger partial charge in [0.05, 0.1) is 12.2 Å². The van der Waals surface area contributed by atoms with Crippen molar-refractivity contribution in [3.8, 4) is 5.75 Å². The fourth-order valence-electron chi connectivity index (χ4n) is 1.25. The van der Waals surface area contributed by atoms with Crippen molar-refractivity contribution in [2.45, 2.75) is 13.8 Å². The van der Waals surface area contributed by atoms with E-state index in [1.165, 1.54) is 22.9 Å². The number of benzene rings is 1. The summed E-state index contributed by atoms with van der Waals surface area (Å²) in [6.45, 7) is 4.09. The summed E-state index contributed by atoms with van der Waals surface area (Å²) in [5.74, 6) is 0.785. The third kappa shape index (κ3) is 2.10. The largest absolute Gasteiger partial charge is 0.496 e. The van der Waals surface area contributed by atoms with E-state index in [0.29, 0.717) is 5.04 Å². The van der Waals surface area contributed by atoms with E-state index in [-0.39, 0.29) is 0 Å². The first-order chi connectivity index (χ1) is 6.60. The third-order valence-corrected chi connectivity index (χ3v) is 2.89. The van der Waals surface area contributed by atoms with E-state index in [2.05, 4.69) is 0 Å². The Balaban J connectivity index is 3.27. The minimum Gasteiger partial charge on any atom is -0.496 e. The zero-order valence-electron chi connectivity index (χ0n) is 8.97. The molecule has 0 aromatic heterocycles. The summed E-state index contributed by atoms with van der Waals surface area (Å²) in [5, 5.41) is 8.32. The van der Waals surface area contributed by atoms with Gasteiger partial charge in [-0.05, 0) is 43.4 Å². The van der Waals surface area contributed by atoms with Gasteiger partial charge in [0.25, 0.3) is 0 Å². The average molecular weight is 209 g/mol. The molecule has 0 heterocycles. The van der Waals surface area contributed by atoms with Gasteiger partial charge in [0, 0.05) is 5.56 Å². The maximum atomic E-state index is 7.77. The number of hydrogen-bond donors (Lipinski definition) is 1. The van der Waals surface area contributed by atoms with Crippen molar-refractivity contribution in [2.75, 3.05) is 13.4 Å². The van der Waals surface area contributed by atoms with Gasteiger partial charge >= 0.3 is 0 Å². The number of hydrogen-bond acceptors (Lipinski definition) is 3. The number of ether oxygens (including phenoxy) is 1. The van der Waals surface area contributed by atoms with Crippen molar-refractivity contribution in [2.24, 2.45) is 0 Å². The van der Waals surface area contributed by atoms with Gasteiger partial charge in [-0.3, -0.25) is 5.41 Å². The lowest BCUT2D eigenvalue weighted by Gasteiger charge is -2.11. The molecule has 0 radical (unpaired) electrons. The van der Waals surface area contributed by atoms with Gasteiger partial charge in [0.2, 0.25) is 0 Å². The Kier molecular flexibility index (Phi) is 3.58. The smallest absolute Gasteiger partial charge is 0.129 e. The molecule has 0 unspecified atom stereocenters. The molecule has 3 heteroatoms. The molecule has 0 atom stereocenters. The van der Waals surface area contributed by atoms with Crippen molar-refractivity contribution in [1.29, 1.82) is 5.41 Å². The molecule has 14 heavy (non-hydrogen) atoms. The van der Waals surface area contributed by atoms with Crippen LogP contribution in [0.15, 0.2) is 12.1 Å². The van der Waals surface area contributed by atoms with E-state index >= 15 is 0 Å². The first kappa shape index (κ1) is 11.1. The molecule has 1 rings (SSSR count). The molecule has 1 aromatic rings. The molecule has 0 aliphatic carbocycles. The summed E-state index contributed by atoms with van der Waals surface area (Å²) in [5.41, 5.74) is 3.27. The van der Waals surface area contributed by atoms with Crippen LogP contribution in [0.1, 0.15) is 16.7 Å². The van der Waals surface area contributed by atoms with Crippen molar-refractivity contribution in [1.82, 2.24) is 0 Å². The highest BCUT2D eigenvalue weighted by molar-refractivity contribution is 8.13. The molecule has 0 aliphatic heterocycles. The van der Waals surface area contributed by atoms with Crippen LogP contribution in [-0.4, -0.2) is 18.4 Å². The van der Waals surface area contributed by atoms with Gasteiger partial charge in [0.15, 0.2) is 0 Å². The summed E-state index contributed by atoms with van der Waals surface area (Å²) >= 11 is 1.43. The fourth-order valence-corrected chi connectivity index (χ4v) is 1.63. The maximum absolute atomic E-state index is 7.77.